The molecule has 0 amide bonds. The minimum absolute atomic E-state index is 0.137. The molecule has 1 saturated carbocycles. The van der Waals surface area contributed by atoms with E-state index in [4.69, 9.17) is 21.5 Å². The first kappa shape index (κ1) is 33.8. The SMILES string of the molecule is [C-]#[N+]C1=CC2C(C=C1)c1ccc(-c3ccc(-c4ccc(-c5cccc(-c6nc(-c7ccccc7)nc(-c7ccccc7)n6)c5)cc4)cc3)cc1C21CCCCC1. The Morgan fingerprint density at radius 1 is 0.482 bits per heavy atom. The minimum atomic E-state index is 0.137. The van der Waals surface area contributed by atoms with E-state index in [2.05, 4.69) is 108 Å². The van der Waals surface area contributed by atoms with Crippen molar-refractivity contribution in [2.24, 2.45) is 5.92 Å². The van der Waals surface area contributed by atoms with Crippen molar-refractivity contribution in [3.05, 3.63) is 198 Å². The van der Waals surface area contributed by atoms with Crippen LogP contribution in [0.4, 0.5) is 0 Å². The number of fused-ring (bicyclic) bond motifs is 5. The second kappa shape index (κ2) is 14.2. The summed E-state index contributed by atoms with van der Waals surface area (Å²) in [6.07, 6.45) is 12.9. The molecule has 0 saturated heterocycles. The zero-order valence-electron chi connectivity index (χ0n) is 31.1. The van der Waals surface area contributed by atoms with E-state index < -0.39 is 0 Å². The highest BCUT2D eigenvalue weighted by atomic mass is 15.0. The van der Waals surface area contributed by atoms with Crippen molar-refractivity contribution < 1.29 is 0 Å². The molecule has 1 aromatic heterocycles. The van der Waals surface area contributed by atoms with Gasteiger partial charge in [-0.2, -0.15) is 0 Å². The van der Waals surface area contributed by atoms with Gasteiger partial charge in [-0.3, -0.25) is 0 Å². The molecule has 1 fully saturated rings. The first-order valence-corrected chi connectivity index (χ1v) is 19.8. The van der Waals surface area contributed by atoms with Crippen LogP contribution in [0.1, 0.15) is 49.1 Å². The molecule has 3 aliphatic carbocycles. The van der Waals surface area contributed by atoms with Gasteiger partial charge in [0.2, 0.25) is 0 Å². The number of allylic oxidation sites excluding steroid dienone is 3. The Hall–Kier alpha value is -6.70. The van der Waals surface area contributed by atoms with Crippen molar-refractivity contribution in [1.82, 2.24) is 15.0 Å². The molecule has 4 nitrogen and oxygen atoms in total. The second-order valence-electron chi connectivity index (χ2n) is 15.4. The topological polar surface area (TPSA) is 43.0 Å². The largest absolute Gasteiger partial charge is 0.239 e. The Morgan fingerprint density at radius 2 is 0.964 bits per heavy atom. The van der Waals surface area contributed by atoms with E-state index in [9.17, 15) is 0 Å². The second-order valence-corrected chi connectivity index (χ2v) is 15.4. The zero-order valence-corrected chi connectivity index (χ0v) is 31.1. The van der Waals surface area contributed by atoms with Gasteiger partial charge in [-0.25, -0.2) is 19.8 Å². The Labute approximate surface area is 328 Å². The highest BCUT2D eigenvalue weighted by molar-refractivity contribution is 5.76. The molecule has 10 rings (SSSR count). The number of hydrogen-bond donors (Lipinski definition) is 0. The van der Waals surface area contributed by atoms with Crippen LogP contribution >= 0.6 is 0 Å². The van der Waals surface area contributed by atoms with E-state index in [-0.39, 0.29) is 5.41 Å². The fourth-order valence-electron chi connectivity index (χ4n) is 9.45. The molecule has 0 bridgehead atoms. The molecule has 1 heterocycles. The van der Waals surface area contributed by atoms with Gasteiger partial charge in [0.15, 0.2) is 23.2 Å². The van der Waals surface area contributed by atoms with Gasteiger partial charge < -0.3 is 0 Å². The Morgan fingerprint density at radius 3 is 1.54 bits per heavy atom. The summed E-state index contributed by atoms with van der Waals surface area (Å²) in [5.41, 5.74) is 13.9. The van der Waals surface area contributed by atoms with Crippen molar-refractivity contribution in [2.75, 3.05) is 0 Å². The summed E-state index contributed by atoms with van der Waals surface area (Å²) in [5.74, 6) is 2.72. The third-order valence-electron chi connectivity index (χ3n) is 12.3. The Kier molecular flexibility index (Phi) is 8.57. The van der Waals surface area contributed by atoms with E-state index in [1.807, 2.05) is 66.7 Å². The van der Waals surface area contributed by atoms with Gasteiger partial charge in [0.05, 0.1) is 6.57 Å². The summed E-state index contributed by atoms with van der Waals surface area (Å²) in [6, 6.07) is 53.7. The predicted octanol–water partition coefficient (Wildman–Crippen LogP) is 13.2. The average Bonchev–Trinajstić information content (AvgIpc) is 3.54. The quantitative estimate of drug-likeness (QED) is 0.161. The fourth-order valence-corrected chi connectivity index (χ4v) is 9.45. The van der Waals surface area contributed by atoms with Crippen molar-refractivity contribution in [1.29, 1.82) is 0 Å². The van der Waals surface area contributed by atoms with E-state index in [1.54, 1.807) is 0 Å². The number of nitrogens with zero attached hydrogens (tertiary/aromatic N) is 4. The molecular weight excluding hydrogens is 681 g/mol. The molecule has 268 valence electrons. The standard InChI is InChI=1S/C52H40N4/c1-53-44-27-29-46-45-28-26-42(33-47(45)52(48(46)34-44)30-9-4-10-31-52)38-24-20-36(21-25-38)35-18-22-37(23-19-35)41-16-11-17-43(32-41)51-55-49(39-12-5-2-6-13-39)54-50(56-51)40-14-7-3-8-15-40/h2-3,5-8,11-29,32-34,46,48H,4,9-10,30-31H2. The van der Waals surface area contributed by atoms with Crippen LogP contribution in [0.3, 0.4) is 0 Å². The van der Waals surface area contributed by atoms with Gasteiger partial charge in [-0.15, -0.1) is 0 Å². The summed E-state index contributed by atoms with van der Waals surface area (Å²) in [4.78, 5) is 18.6. The maximum absolute atomic E-state index is 7.68. The van der Waals surface area contributed by atoms with Crippen LogP contribution < -0.4 is 0 Å². The molecule has 2 atom stereocenters. The lowest BCUT2D eigenvalue weighted by atomic mass is 9.63. The van der Waals surface area contributed by atoms with Gasteiger partial charge in [-0.1, -0.05) is 183 Å². The van der Waals surface area contributed by atoms with Gasteiger partial charge in [-0.05, 0) is 69.3 Å². The maximum atomic E-state index is 7.68. The summed E-state index contributed by atoms with van der Waals surface area (Å²) >= 11 is 0. The monoisotopic (exact) mass is 720 g/mol. The van der Waals surface area contributed by atoms with Crippen LogP contribution in [0.2, 0.25) is 0 Å². The minimum Gasteiger partial charge on any atom is -0.239 e. The summed E-state index contributed by atoms with van der Waals surface area (Å²) < 4.78 is 0. The van der Waals surface area contributed by atoms with Gasteiger partial charge >= 0.3 is 0 Å². The third-order valence-corrected chi connectivity index (χ3v) is 12.3. The molecule has 7 aromatic rings. The van der Waals surface area contributed by atoms with Crippen molar-refractivity contribution >= 4 is 0 Å². The number of hydrogen-bond acceptors (Lipinski definition) is 3. The average molecular weight is 721 g/mol. The fraction of sp³-hybridized carbons (Fsp3) is 0.154. The van der Waals surface area contributed by atoms with E-state index >= 15 is 0 Å². The lowest BCUT2D eigenvalue weighted by Gasteiger charge is -2.41. The maximum Gasteiger partial charge on any atom is 0.183 e. The Bertz CT molecular complexity index is 2600. The van der Waals surface area contributed by atoms with Gasteiger partial charge in [0.1, 0.15) is 0 Å². The van der Waals surface area contributed by atoms with Crippen molar-refractivity contribution in [3.8, 4) is 67.5 Å². The summed E-state index contributed by atoms with van der Waals surface area (Å²) in [6.45, 7) is 7.68. The van der Waals surface area contributed by atoms with Crippen LogP contribution in [0.25, 0.3) is 72.4 Å². The zero-order chi connectivity index (χ0) is 37.5. The van der Waals surface area contributed by atoms with E-state index in [0.717, 1.165) is 33.5 Å². The van der Waals surface area contributed by atoms with Gasteiger partial charge in [0.25, 0.3) is 0 Å². The molecule has 3 aliphatic rings. The first-order valence-electron chi connectivity index (χ1n) is 19.8. The normalized spacial score (nSPS) is 17.8. The van der Waals surface area contributed by atoms with Gasteiger partial charge in [0, 0.05) is 28.0 Å². The first-order chi connectivity index (χ1) is 27.6. The van der Waals surface area contributed by atoms with Crippen LogP contribution in [-0.4, -0.2) is 15.0 Å². The molecule has 2 unspecified atom stereocenters. The van der Waals surface area contributed by atoms with Crippen LogP contribution in [0, 0.1) is 12.5 Å². The summed E-state index contributed by atoms with van der Waals surface area (Å²) in [7, 11) is 0. The third kappa shape index (κ3) is 6.06. The van der Waals surface area contributed by atoms with E-state index in [1.165, 1.54) is 65.5 Å². The number of rotatable bonds is 6. The smallest absolute Gasteiger partial charge is 0.183 e. The lowest BCUT2D eigenvalue weighted by molar-refractivity contribution is 0.233. The van der Waals surface area contributed by atoms with Crippen molar-refractivity contribution in [3.63, 3.8) is 0 Å². The number of benzene rings is 6. The Balaban J connectivity index is 0.918. The lowest BCUT2D eigenvalue weighted by Crippen LogP contribution is -2.34. The molecule has 6 aromatic carbocycles. The molecule has 0 radical (unpaired) electrons. The van der Waals surface area contributed by atoms with Crippen LogP contribution in [0.5, 0.6) is 0 Å². The molecule has 0 N–H and O–H groups in total. The highest BCUT2D eigenvalue weighted by Crippen LogP contribution is 2.60. The molecular formula is C52H40N4. The van der Waals surface area contributed by atoms with Crippen LogP contribution in [0.15, 0.2) is 176 Å². The highest BCUT2D eigenvalue weighted by Gasteiger charge is 2.51. The van der Waals surface area contributed by atoms with Crippen LogP contribution in [-0.2, 0) is 5.41 Å². The predicted molar refractivity (Wildman–Crippen MR) is 227 cm³/mol. The molecule has 1 spiro atoms. The number of aromatic nitrogens is 3. The molecule has 0 aliphatic heterocycles. The molecule has 4 heteroatoms. The summed E-state index contributed by atoms with van der Waals surface area (Å²) in [5, 5.41) is 0. The molecule has 56 heavy (non-hydrogen) atoms. The van der Waals surface area contributed by atoms with Crippen molar-refractivity contribution in [2.45, 2.75) is 43.4 Å². The van der Waals surface area contributed by atoms with E-state index in [0.29, 0.717) is 29.3 Å².